The van der Waals surface area contributed by atoms with Gasteiger partial charge < -0.3 is 16.0 Å². The highest BCUT2D eigenvalue weighted by molar-refractivity contribution is 6.03. The average Bonchev–Trinajstić information content (AvgIpc) is 3.26. The monoisotopic (exact) mass is 441 g/mol. The largest absolute Gasteiger partial charge is 0.339 e. The topological polar surface area (TPSA) is 113 Å². The van der Waals surface area contributed by atoms with Gasteiger partial charge in [-0.3, -0.25) is 14.7 Å². The number of fused-ring (bicyclic) bond motifs is 1. The molecule has 4 aromatic rings. The van der Waals surface area contributed by atoms with Crippen molar-refractivity contribution in [3.8, 4) is 11.3 Å². The van der Waals surface area contributed by atoms with Crippen LogP contribution in [0.1, 0.15) is 34.6 Å². The minimum absolute atomic E-state index is 0.226. The van der Waals surface area contributed by atoms with Crippen LogP contribution in [0.5, 0.6) is 0 Å². The quantitative estimate of drug-likeness (QED) is 0.437. The van der Waals surface area contributed by atoms with Gasteiger partial charge in [-0.1, -0.05) is 12.1 Å². The van der Waals surface area contributed by atoms with Crippen molar-refractivity contribution in [1.82, 2.24) is 24.8 Å². The lowest BCUT2D eigenvalue weighted by Crippen LogP contribution is -2.42. The Balaban J connectivity index is 1.26. The fourth-order valence-corrected chi connectivity index (χ4v) is 4.34. The number of piperidine rings is 1. The number of aromatic amines is 1. The zero-order chi connectivity index (χ0) is 22.8. The summed E-state index contributed by atoms with van der Waals surface area (Å²) in [5.74, 6) is -0.226. The molecule has 168 valence electrons. The van der Waals surface area contributed by atoms with E-state index in [-0.39, 0.29) is 11.9 Å². The summed E-state index contributed by atoms with van der Waals surface area (Å²) in [6.45, 7) is 4.66. The van der Waals surface area contributed by atoms with Crippen LogP contribution in [0.4, 0.5) is 5.69 Å². The molecule has 4 N–H and O–H groups in total. The summed E-state index contributed by atoms with van der Waals surface area (Å²) in [6, 6.07) is 13.8. The first kappa shape index (κ1) is 21.2. The van der Waals surface area contributed by atoms with Crippen LogP contribution < -0.4 is 11.1 Å². The fraction of sp³-hybridized carbons (Fsp3) is 0.280. The maximum absolute atomic E-state index is 12.8. The third-order valence-corrected chi connectivity index (χ3v) is 6.08. The number of pyridine rings is 1. The number of aromatic nitrogens is 4. The van der Waals surface area contributed by atoms with E-state index in [9.17, 15) is 4.79 Å². The molecule has 0 unspecified atom stereocenters. The number of nitrogens with two attached hydrogens (primary N) is 1. The number of rotatable bonds is 5. The minimum atomic E-state index is -0.226. The third-order valence-electron chi connectivity index (χ3n) is 6.08. The molecule has 8 heteroatoms. The lowest BCUT2D eigenvalue weighted by atomic mass is 10.1. The van der Waals surface area contributed by atoms with Crippen LogP contribution in [0, 0.1) is 6.92 Å². The van der Waals surface area contributed by atoms with E-state index in [1.807, 2.05) is 49.4 Å². The molecule has 1 aliphatic rings. The number of carbonyl (C=O) groups excluding carboxylic acids is 1. The Morgan fingerprint density at radius 3 is 2.82 bits per heavy atom. The van der Waals surface area contributed by atoms with E-state index in [2.05, 4.69) is 30.2 Å². The Morgan fingerprint density at radius 2 is 2.03 bits per heavy atom. The lowest BCUT2D eigenvalue weighted by Gasteiger charge is -2.30. The summed E-state index contributed by atoms with van der Waals surface area (Å²) in [4.78, 5) is 31.2. The van der Waals surface area contributed by atoms with E-state index in [0.717, 1.165) is 66.0 Å². The molecule has 0 spiro atoms. The predicted octanol–water partition coefficient (Wildman–Crippen LogP) is 3.50. The summed E-state index contributed by atoms with van der Waals surface area (Å²) < 4.78 is 0. The fourth-order valence-electron chi connectivity index (χ4n) is 4.34. The second-order valence-electron chi connectivity index (χ2n) is 8.62. The molecule has 0 bridgehead atoms. The first-order chi connectivity index (χ1) is 16.0. The summed E-state index contributed by atoms with van der Waals surface area (Å²) >= 11 is 0. The molecule has 0 saturated carbocycles. The number of likely N-dealkylation sites (tertiary alicyclic amines) is 1. The summed E-state index contributed by atoms with van der Waals surface area (Å²) in [5, 5.41) is 3.95. The molecule has 1 atom stereocenters. The van der Waals surface area contributed by atoms with Gasteiger partial charge in [-0.15, -0.1) is 0 Å². The van der Waals surface area contributed by atoms with Crippen molar-refractivity contribution in [2.24, 2.45) is 5.73 Å². The number of amides is 1. The second-order valence-corrected chi connectivity index (χ2v) is 8.62. The van der Waals surface area contributed by atoms with Crippen LogP contribution in [0.15, 0.2) is 55.0 Å². The first-order valence-electron chi connectivity index (χ1n) is 11.2. The van der Waals surface area contributed by atoms with E-state index in [4.69, 9.17) is 5.73 Å². The summed E-state index contributed by atoms with van der Waals surface area (Å²) in [5.41, 5.74) is 12.0. The molecule has 1 amide bonds. The van der Waals surface area contributed by atoms with E-state index in [0.29, 0.717) is 11.4 Å². The molecule has 0 aliphatic carbocycles. The van der Waals surface area contributed by atoms with E-state index >= 15 is 0 Å². The van der Waals surface area contributed by atoms with E-state index in [1.54, 1.807) is 12.5 Å². The molecule has 3 aromatic heterocycles. The highest BCUT2D eigenvalue weighted by atomic mass is 16.1. The van der Waals surface area contributed by atoms with Gasteiger partial charge in [0.15, 0.2) is 0 Å². The Morgan fingerprint density at radius 1 is 1.18 bits per heavy atom. The average molecular weight is 442 g/mol. The zero-order valence-corrected chi connectivity index (χ0v) is 18.6. The molecule has 1 aliphatic heterocycles. The third kappa shape index (κ3) is 4.76. The van der Waals surface area contributed by atoms with Crippen molar-refractivity contribution in [1.29, 1.82) is 0 Å². The molecule has 8 nitrogen and oxygen atoms in total. The lowest BCUT2D eigenvalue weighted by molar-refractivity contribution is 0.102. The van der Waals surface area contributed by atoms with Crippen molar-refractivity contribution in [2.45, 2.75) is 32.4 Å². The number of anilines is 1. The SMILES string of the molecule is Cc1ncnc2[nH]c(-c3ccc(NC(=O)c4cc(CN5CCC[C@@H](N)C5)ccn4)cc3)cc12. The Kier molecular flexibility index (Phi) is 5.85. The second kappa shape index (κ2) is 9.09. The summed E-state index contributed by atoms with van der Waals surface area (Å²) in [6.07, 6.45) is 5.44. The van der Waals surface area contributed by atoms with Crippen molar-refractivity contribution in [2.75, 3.05) is 18.4 Å². The van der Waals surface area contributed by atoms with Crippen molar-refractivity contribution in [3.05, 3.63) is 71.9 Å². The number of hydrogen-bond acceptors (Lipinski definition) is 6. The summed E-state index contributed by atoms with van der Waals surface area (Å²) in [7, 11) is 0. The van der Waals surface area contributed by atoms with Crippen LogP contribution in [0.3, 0.4) is 0 Å². The Hall–Kier alpha value is -3.62. The van der Waals surface area contributed by atoms with Crippen LogP contribution >= 0.6 is 0 Å². The molecule has 1 fully saturated rings. The van der Waals surface area contributed by atoms with Gasteiger partial charge in [0.05, 0.1) is 5.69 Å². The molecule has 1 saturated heterocycles. The number of H-pyrrole nitrogens is 1. The maximum Gasteiger partial charge on any atom is 0.274 e. The van der Waals surface area contributed by atoms with Gasteiger partial charge >= 0.3 is 0 Å². The van der Waals surface area contributed by atoms with Crippen LogP contribution in [-0.2, 0) is 6.54 Å². The predicted molar refractivity (Wildman–Crippen MR) is 129 cm³/mol. The smallest absolute Gasteiger partial charge is 0.274 e. The van der Waals surface area contributed by atoms with Crippen LogP contribution in [0.25, 0.3) is 22.3 Å². The van der Waals surface area contributed by atoms with E-state index in [1.165, 1.54) is 0 Å². The minimum Gasteiger partial charge on any atom is -0.339 e. The van der Waals surface area contributed by atoms with Gasteiger partial charge in [-0.25, -0.2) is 9.97 Å². The highest BCUT2D eigenvalue weighted by Crippen LogP contribution is 2.25. The number of hydrogen-bond donors (Lipinski definition) is 3. The number of nitrogens with one attached hydrogen (secondary N) is 2. The van der Waals surface area contributed by atoms with Gasteiger partial charge in [0, 0.05) is 42.1 Å². The van der Waals surface area contributed by atoms with Crippen LogP contribution in [0.2, 0.25) is 0 Å². The Labute approximate surface area is 192 Å². The van der Waals surface area contributed by atoms with Crippen molar-refractivity contribution in [3.63, 3.8) is 0 Å². The first-order valence-corrected chi connectivity index (χ1v) is 11.2. The normalized spacial score (nSPS) is 16.7. The maximum atomic E-state index is 12.8. The van der Waals surface area contributed by atoms with Gasteiger partial charge in [0.25, 0.3) is 5.91 Å². The van der Waals surface area contributed by atoms with E-state index < -0.39 is 0 Å². The number of aryl methyl sites for hydroxylation is 1. The Bertz CT molecular complexity index is 1280. The molecule has 1 aromatic carbocycles. The van der Waals surface area contributed by atoms with Gasteiger partial charge in [-0.05, 0) is 67.8 Å². The van der Waals surface area contributed by atoms with Crippen molar-refractivity contribution >= 4 is 22.6 Å². The van der Waals surface area contributed by atoms with Gasteiger partial charge in [0.1, 0.15) is 17.7 Å². The molecular weight excluding hydrogens is 414 g/mol. The van der Waals surface area contributed by atoms with Crippen LogP contribution in [-0.4, -0.2) is 49.9 Å². The highest BCUT2D eigenvalue weighted by Gasteiger charge is 2.17. The molecular formula is C25H27N7O. The molecule has 4 heterocycles. The van der Waals surface area contributed by atoms with Gasteiger partial charge in [0.2, 0.25) is 0 Å². The number of benzene rings is 1. The zero-order valence-electron chi connectivity index (χ0n) is 18.6. The molecule has 33 heavy (non-hydrogen) atoms. The van der Waals surface area contributed by atoms with Crippen molar-refractivity contribution < 1.29 is 4.79 Å². The number of nitrogens with zero attached hydrogens (tertiary/aromatic N) is 4. The number of carbonyl (C=O) groups is 1. The standard InChI is InChI=1S/C25H27N7O/c1-16-21-12-22(31-24(21)29-15-28-16)18-4-6-20(7-5-18)30-25(33)23-11-17(8-9-27-23)13-32-10-2-3-19(26)14-32/h4-9,11-12,15,19H,2-3,10,13-14,26H2,1H3,(H,30,33)(H,28,29,31)/t19-/m1/s1. The molecule has 5 rings (SSSR count). The van der Waals surface area contributed by atoms with Gasteiger partial charge in [-0.2, -0.15) is 0 Å². The molecule has 0 radical (unpaired) electrons.